The third kappa shape index (κ3) is 4.49. The first-order chi connectivity index (χ1) is 16.6. The van der Waals surface area contributed by atoms with Gasteiger partial charge in [0.2, 0.25) is 5.91 Å². The number of fused-ring (bicyclic) bond motifs is 1. The number of nitrogens with two attached hydrogens (primary N) is 1. The summed E-state index contributed by atoms with van der Waals surface area (Å²) in [6.07, 6.45) is 4.23. The van der Waals surface area contributed by atoms with Crippen molar-refractivity contribution in [2.45, 2.75) is 19.9 Å². The lowest BCUT2D eigenvalue weighted by atomic mass is 10.1. The number of nitrogens with one attached hydrogen (secondary N) is 1. The van der Waals surface area contributed by atoms with E-state index in [1.165, 1.54) is 0 Å². The van der Waals surface area contributed by atoms with Gasteiger partial charge < -0.3 is 11.1 Å². The fourth-order valence-electron chi connectivity index (χ4n) is 3.69. The van der Waals surface area contributed by atoms with Gasteiger partial charge in [0.05, 0.1) is 27.3 Å². The van der Waals surface area contributed by atoms with Crippen LogP contribution in [0.4, 0.5) is 5.13 Å². The molecular formula is C26H22N6OS. The number of rotatable bonds is 7. The summed E-state index contributed by atoms with van der Waals surface area (Å²) >= 11 is 1.55. The first kappa shape index (κ1) is 21.7. The Bertz CT molecular complexity index is 1500. The van der Waals surface area contributed by atoms with Crippen molar-refractivity contribution in [3.05, 3.63) is 89.9 Å². The Kier molecular flexibility index (Phi) is 5.97. The summed E-state index contributed by atoms with van der Waals surface area (Å²) in [6.45, 7) is 2.61. The highest BCUT2D eigenvalue weighted by atomic mass is 32.1. The molecule has 2 aromatic carbocycles. The van der Waals surface area contributed by atoms with E-state index in [1.807, 2.05) is 48.5 Å². The van der Waals surface area contributed by atoms with Gasteiger partial charge in [0.1, 0.15) is 0 Å². The molecule has 0 atom stereocenters. The van der Waals surface area contributed by atoms with Crippen molar-refractivity contribution in [3.63, 3.8) is 0 Å². The third-order valence-corrected chi connectivity index (χ3v) is 6.46. The van der Waals surface area contributed by atoms with Gasteiger partial charge in [0.25, 0.3) is 0 Å². The Morgan fingerprint density at radius 1 is 0.971 bits per heavy atom. The van der Waals surface area contributed by atoms with Gasteiger partial charge in [-0.2, -0.15) is 0 Å². The molecule has 8 heteroatoms. The predicted octanol–water partition coefficient (Wildman–Crippen LogP) is 5.09. The molecule has 1 amide bonds. The number of aromatic nitrogens is 4. The molecular weight excluding hydrogens is 444 g/mol. The molecule has 34 heavy (non-hydrogen) atoms. The van der Waals surface area contributed by atoms with Gasteiger partial charge in [-0.05, 0) is 48.4 Å². The van der Waals surface area contributed by atoms with E-state index < -0.39 is 5.91 Å². The van der Waals surface area contributed by atoms with Crippen LogP contribution in [-0.2, 0) is 13.0 Å². The smallest absolute Gasteiger partial charge is 0.248 e. The Morgan fingerprint density at radius 2 is 1.79 bits per heavy atom. The van der Waals surface area contributed by atoms with Crippen molar-refractivity contribution >= 4 is 33.4 Å². The zero-order valence-electron chi connectivity index (χ0n) is 18.5. The van der Waals surface area contributed by atoms with Crippen LogP contribution >= 0.6 is 11.3 Å². The molecule has 0 radical (unpaired) electrons. The molecule has 0 aliphatic carbocycles. The number of amides is 1. The summed E-state index contributed by atoms with van der Waals surface area (Å²) in [7, 11) is 0. The van der Waals surface area contributed by atoms with E-state index in [4.69, 9.17) is 15.7 Å². The van der Waals surface area contributed by atoms with E-state index >= 15 is 0 Å². The van der Waals surface area contributed by atoms with Crippen molar-refractivity contribution in [1.29, 1.82) is 0 Å². The maximum Gasteiger partial charge on any atom is 0.248 e. The summed E-state index contributed by atoms with van der Waals surface area (Å²) in [6, 6.07) is 19.3. The molecule has 0 spiro atoms. The fourth-order valence-corrected chi connectivity index (χ4v) is 4.64. The Hall–Kier alpha value is -4.17. The zero-order valence-corrected chi connectivity index (χ0v) is 19.3. The standard InChI is InChI=1S/C26H22N6OS/c1-2-19-7-4-8-21(31-19)24-23(17-9-10-20-22(14-17)29-12-11-28-20)32-26(34-24)30-15-16-5-3-6-18(13-16)25(27)33/h3-14H,2,15H2,1H3,(H2,27,33)(H,30,32). The quantitative estimate of drug-likeness (QED) is 0.346. The van der Waals surface area contributed by atoms with Crippen LogP contribution in [0.25, 0.3) is 32.9 Å². The molecule has 0 aliphatic rings. The largest absolute Gasteiger partial charge is 0.366 e. The summed E-state index contributed by atoms with van der Waals surface area (Å²) in [5, 5.41) is 4.15. The van der Waals surface area contributed by atoms with Gasteiger partial charge in [-0.15, -0.1) is 0 Å². The van der Waals surface area contributed by atoms with E-state index in [0.29, 0.717) is 12.1 Å². The number of thiazole rings is 1. The van der Waals surface area contributed by atoms with Gasteiger partial charge >= 0.3 is 0 Å². The number of carbonyl (C=O) groups excluding carboxylic acids is 1. The van der Waals surface area contributed by atoms with Crippen LogP contribution in [0.15, 0.2) is 73.1 Å². The summed E-state index contributed by atoms with van der Waals surface area (Å²) in [4.78, 5) is 31.1. The first-order valence-electron chi connectivity index (χ1n) is 10.9. The van der Waals surface area contributed by atoms with Crippen molar-refractivity contribution in [2.75, 3.05) is 5.32 Å². The Labute approximate surface area is 200 Å². The second kappa shape index (κ2) is 9.36. The third-order valence-electron chi connectivity index (χ3n) is 5.43. The minimum Gasteiger partial charge on any atom is -0.366 e. The Morgan fingerprint density at radius 3 is 2.62 bits per heavy atom. The average Bonchev–Trinajstić information content (AvgIpc) is 3.32. The molecule has 5 aromatic rings. The van der Waals surface area contributed by atoms with Crippen LogP contribution in [0.3, 0.4) is 0 Å². The second-order valence-electron chi connectivity index (χ2n) is 7.74. The lowest BCUT2D eigenvalue weighted by Gasteiger charge is -2.05. The number of nitrogens with zero attached hydrogens (tertiary/aromatic N) is 4. The molecule has 3 N–H and O–H groups in total. The highest BCUT2D eigenvalue weighted by molar-refractivity contribution is 7.19. The maximum atomic E-state index is 11.5. The monoisotopic (exact) mass is 466 g/mol. The molecule has 0 saturated heterocycles. The van der Waals surface area contributed by atoms with Crippen molar-refractivity contribution in [2.24, 2.45) is 5.73 Å². The van der Waals surface area contributed by atoms with Crippen LogP contribution in [0.2, 0.25) is 0 Å². The number of pyridine rings is 1. The minimum absolute atomic E-state index is 0.443. The zero-order chi connectivity index (χ0) is 23.5. The molecule has 3 aromatic heterocycles. The number of hydrogen-bond donors (Lipinski definition) is 2. The van der Waals surface area contributed by atoms with Crippen LogP contribution in [0.5, 0.6) is 0 Å². The van der Waals surface area contributed by atoms with Gasteiger partial charge in [-0.1, -0.05) is 42.5 Å². The van der Waals surface area contributed by atoms with Gasteiger partial charge in [0.15, 0.2) is 5.13 Å². The average molecular weight is 467 g/mol. The van der Waals surface area contributed by atoms with Crippen molar-refractivity contribution < 1.29 is 4.79 Å². The van der Waals surface area contributed by atoms with Crippen LogP contribution < -0.4 is 11.1 Å². The molecule has 3 heterocycles. The molecule has 0 bridgehead atoms. The SMILES string of the molecule is CCc1cccc(-c2sc(NCc3cccc(C(N)=O)c3)nc2-c2ccc3nccnc3c2)n1. The summed E-state index contributed by atoms with van der Waals surface area (Å²) < 4.78 is 0. The van der Waals surface area contributed by atoms with Crippen molar-refractivity contribution in [3.8, 4) is 21.8 Å². The van der Waals surface area contributed by atoms with Crippen LogP contribution in [-0.4, -0.2) is 25.8 Å². The molecule has 168 valence electrons. The normalized spacial score (nSPS) is 11.0. The van der Waals surface area contributed by atoms with Crippen LogP contribution in [0, 0.1) is 0 Å². The minimum atomic E-state index is -0.443. The summed E-state index contributed by atoms with van der Waals surface area (Å²) in [5.74, 6) is -0.443. The predicted molar refractivity (Wildman–Crippen MR) is 136 cm³/mol. The lowest BCUT2D eigenvalue weighted by Crippen LogP contribution is -2.11. The van der Waals surface area contributed by atoms with E-state index in [-0.39, 0.29) is 0 Å². The van der Waals surface area contributed by atoms with Crippen LogP contribution in [0.1, 0.15) is 28.5 Å². The van der Waals surface area contributed by atoms with Gasteiger partial charge in [0, 0.05) is 35.8 Å². The summed E-state index contributed by atoms with van der Waals surface area (Å²) in [5.41, 5.74) is 12.2. The highest BCUT2D eigenvalue weighted by Gasteiger charge is 2.17. The number of hydrogen-bond acceptors (Lipinski definition) is 7. The highest BCUT2D eigenvalue weighted by Crippen LogP contribution is 2.39. The Balaban J connectivity index is 1.53. The van der Waals surface area contributed by atoms with Gasteiger partial charge in [-0.25, -0.2) is 4.98 Å². The lowest BCUT2D eigenvalue weighted by molar-refractivity contribution is 0.1000. The van der Waals surface area contributed by atoms with E-state index in [9.17, 15) is 4.79 Å². The molecule has 5 rings (SSSR count). The molecule has 0 fully saturated rings. The van der Waals surface area contributed by atoms with Gasteiger partial charge in [-0.3, -0.25) is 19.7 Å². The number of anilines is 1. The van der Waals surface area contributed by atoms with E-state index in [0.717, 1.165) is 55.7 Å². The number of aryl methyl sites for hydroxylation is 1. The van der Waals surface area contributed by atoms with E-state index in [1.54, 1.807) is 35.9 Å². The second-order valence-corrected chi connectivity index (χ2v) is 8.74. The fraction of sp³-hybridized carbons (Fsp3) is 0.115. The molecule has 0 unspecified atom stereocenters. The topological polar surface area (TPSA) is 107 Å². The number of primary amides is 1. The first-order valence-corrected chi connectivity index (χ1v) is 11.7. The molecule has 0 saturated carbocycles. The maximum absolute atomic E-state index is 11.5. The van der Waals surface area contributed by atoms with Crippen molar-refractivity contribution in [1.82, 2.24) is 19.9 Å². The molecule has 0 aliphatic heterocycles. The van der Waals surface area contributed by atoms with E-state index in [2.05, 4.69) is 22.2 Å². The number of carbonyl (C=O) groups is 1. The molecule has 7 nitrogen and oxygen atoms in total. The number of benzene rings is 2.